The summed E-state index contributed by atoms with van der Waals surface area (Å²) < 4.78 is 0. The summed E-state index contributed by atoms with van der Waals surface area (Å²) in [6, 6.07) is 2.69. The van der Waals surface area contributed by atoms with Crippen LogP contribution >= 0.6 is 0 Å². The van der Waals surface area contributed by atoms with Gasteiger partial charge in [0.15, 0.2) is 0 Å². The van der Waals surface area contributed by atoms with Crippen molar-refractivity contribution in [1.29, 1.82) is 0 Å². The molecule has 1 aromatic rings. The number of nitrogen functional groups attached to an aromatic ring is 1. The van der Waals surface area contributed by atoms with Crippen molar-refractivity contribution >= 4 is 11.7 Å². The number of carbonyl (C=O) groups is 1. The Morgan fingerprint density at radius 2 is 2.38 bits per heavy atom. The Morgan fingerprint density at radius 3 is 2.92 bits per heavy atom. The van der Waals surface area contributed by atoms with Gasteiger partial charge < -0.3 is 10.1 Å². The molecule has 1 amide bonds. The molecule has 0 bridgehead atoms. The van der Waals surface area contributed by atoms with Gasteiger partial charge in [0.05, 0.1) is 0 Å². The average molecular weight is 182 g/mol. The lowest BCUT2D eigenvalue weighted by molar-refractivity contribution is -0.389. The Balaban J connectivity index is 3.19. The van der Waals surface area contributed by atoms with Gasteiger partial charge in [0.2, 0.25) is 0 Å². The van der Waals surface area contributed by atoms with Crippen molar-refractivity contribution in [3.05, 3.63) is 34.0 Å². The molecule has 0 spiro atoms. The maximum Gasteiger partial charge on any atom is 0.376 e. The van der Waals surface area contributed by atoms with E-state index in [1.807, 2.05) is 0 Å². The van der Waals surface area contributed by atoms with Crippen LogP contribution in [0, 0.1) is 10.1 Å². The van der Waals surface area contributed by atoms with E-state index in [2.05, 4.69) is 4.98 Å². The third kappa shape index (κ3) is 1.76. The maximum atomic E-state index is 11.0. The molecule has 1 rings (SSSR count). The van der Waals surface area contributed by atoms with Gasteiger partial charge in [-0.2, -0.15) is 0 Å². The first-order valence-electron chi connectivity index (χ1n) is 3.27. The number of nitro groups is 1. The van der Waals surface area contributed by atoms with Crippen molar-refractivity contribution in [2.45, 2.75) is 0 Å². The number of amides is 1. The highest BCUT2D eigenvalue weighted by molar-refractivity contribution is 5.96. The molecule has 0 saturated carbocycles. The van der Waals surface area contributed by atoms with Crippen LogP contribution in [0.4, 0.5) is 5.82 Å². The summed E-state index contributed by atoms with van der Waals surface area (Å²) in [5, 5.41) is 10.4. The average Bonchev–Trinajstić information content (AvgIpc) is 2.16. The first kappa shape index (κ1) is 9.07. The van der Waals surface area contributed by atoms with Crippen molar-refractivity contribution in [3.63, 3.8) is 0 Å². The third-order valence-electron chi connectivity index (χ3n) is 1.34. The molecule has 0 aliphatic rings. The number of pyridine rings is 1. The van der Waals surface area contributed by atoms with E-state index in [9.17, 15) is 14.9 Å². The Bertz CT molecular complexity index is 351. The minimum absolute atomic E-state index is 0.157. The van der Waals surface area contributed by atoms with E-state index in [-0.39, 0.29) is 5.56 Å². The fourth-order valence-electron chi connectivity index (χ4n) is 0.797. The number of aromatic nitrogens is 1. The van der Waals surface area contributed by atoms with Crippen LogP contribution in [0.15, 0.2) is 18.3 Å². The van der Waals surface area contributed by atoms with E-state index in [4.69, 9.17) is 5.84 Å². The fourth-order valence-corrected chi connectivity index (χ4v) is 0.797. The number of nitrogens with zero attached hydrogens (tertiary/aromatic N) is 2. The van der Waals surface area contributed by atoms with Crippen molar-refractivity contribution in [2.24, 2.45) is 5.84 Å². The fraction of sp³-hybridized carbons (Fsp3) is 0. The second-order valence-electron chi connectivity index (χ2n) is 2.11. The summed E-state index contributed by atoms with van der Waals surface area (Å²) in [5.41, 5.74) is 1.64. The van der Waals surface area contributed by atoms with Crippen LogP contribution in [0.3, 0.4) is 0 Å². The van der Waals surface area contributed by atoms with Gasteiger partial charge in [-0.15, -0.1) is 0 Å². The van der Waals surface area contributed by atoms with Crippen LogP contribution in [0.5, 0.6) is 0 Å². The molecule has 1 aromatic heterocycles. The molecule has 0 radical (unpaired) electrons. The highest BCUT2D eigenvalue weighted by Crippen LogP contribution is 2.12. The molecular weight excluding hydrogens is 176 g/mol. The highest BCUT2D eigenvalue weighted by Gasteiger charge is 2.19. The van der Waals surface area contributed by atoms with Crippen LogP contribution in [-0.4, -0.2) is 15.8 Å². The number of nitrogens with two attached hydrogens (primary N) is 1. The lowest BCUT2D eigenvalue weighted by Gasteiger charge is -1.98. The molecule has 3 N–H and O–H groups in total. The van der Waals surface area contributed by atoms with Gasteiger partial charge in [-0.1, -0.05) is 0 Å². The Kier molecular flexibility index (Phi) is 2.50. The molecule has 0 aliphatic carbocycles. The van der Waals surface area contributed by atoms with Crippen LogP contribution < -0.4 is 11.3 Å². The molecule has 0 fully saturated rings. The van der Waals surface area contributed by atoms with Gasteiger partial charge in [0.25, 0.3) is 5.91 Å². The van der Waals surface area contributed by atoms with Crippen LogP contribution in [-0.2, 0) is 0 Å². The van der Waals surface area contributed by atoms with Crippen LogP contribution in [0.2, 0.25) is 0 Å². The quantitative estimate of drug-likeness (QED) is 0.279. The zero-order valence-corrected chi connectivity index (χ0v) is 6.43. The van der Waals surface area contributed by atoms with Gasteiger partial charge in [0, 0.05) is 0 Å². The summed E-state index contributed by atoms with van der Waals surface area (Å²) in [6.07, 6.45) is 1.23. The second kappa shape index (κ2) is 3.59. The van der Waals surface area contributed by atoms with Gasteiger partial charge in [0.1, 0.15) is 11.8 Å². The minimum atomic E-state index is -0.745. The number of hydrogen-bond donors (Lipinski definition) is 2. The zero-order chi connectivity index (χ0) is 9.84. The molecule has 68 valence electrons. The molecule has 7 nitrogen and oxygen atoms in total. The van der Waals surface area contributed by atoms with Crippen LogP contribution in [0.1, 0.15) is 10.4 Å². The zero-order valence-electron chi connectivity index (χ0n) is 6.43. The first-order chi connectivity index (χ1) is 6.16. The lowest BCUT2D eigenvalue weighted by atomic mass is 10.2. The second-order valence-corrected chi connectivity index (χ2v) is 2.11. The van der Waals surface area contributed by atoms with E-state index in [1.165, 1.54) is 18.3 Å². The summed E-state index contributed by atoms with van der Waals surface area (Å²) in [7, 11) is 0. The molecular formula is C6H6N4O3. The first-order valence-corrected chi connectivity index (χ1v) is 3.27. The Labute approximate surface area is 72.7 Å². The van der Waals surface area contributed by atoms with E-state index in [0.717, 1.165) is 0 Å². The lowest BCUT2D eigenvalue weighted by Crippen LogP contribution is -2.30. The highest BCUT2D eigenvalue weighted by atomic mass is 16.6. The molecule has 13 heavy (non-hydrogen) atoms. The van der Waals surface area contributed by atoms with Crippen LogP contribution in [0.25, 0.3) is 0 Å². The van der Waals surface area contributed by atoms with E-state index >= 15 is 0 Å². The summed E-state index contributed by atoms with van der Waals surface area (Å²) in [5.74, 6) is 3.58. The predicted octanol–water partition coefficient (Wildman–Crippen LogP) is -0.407. The Morgan fingerprint density at radius 1 is 1.69 bits per heavy atom. The number of carbonyl (C=O) groups excluding carboxylic acids is 1. The third-order valence-corrected chi connectivity index (χ3v) is 1.34. The van der Waals surface area contributed by atoms with Gasteiger partial charge >= 0.3 is 5.82 Å². The van der Waals surface area contributed by atoms with Crippen molar-refractivity contribution in [3.8, 4) is 0 Å². The minimum Gasteiger partial charge on any atom is -0.358 e. The van der Waals surface area contributed by atoms with Crippen molar-refractivity contribution in [1.82, 2.24) is 10.4 Å². The number of rotatable bonds is 2. The largest absolute Gasteiger partial charge is 0.376 e. The smallest absolute Gasteiger partial charge is 0.358 e. The summed E-state index contributed by atoms with van der Waals surface area (Å²) in [4.78, 5) is 24.0. The normalized spacial score (nSPS) is 9.31. The monoisotopic (exact) mass is 182 g/mol. The van der Waals surface area contributed by atoms with Gasteiger partial charge in [-0.3, -0.25) is 10.2 Å². The SMILES string of the molecule is NNC(=O)c1cccnc1[N+](=O)[O-]. The standard InChI is InChI=1S/C6H6N4O3/c7-9-6(11)4-2-1-3-8-5(4)10(12)13/h1-3H,7H2,(H,9,11). The van der Waals surface area contributed by atoms with E-state index in [1.54, 1.807) is 5.43 Å². The molecule has 0 aromatic carbocycles. The summed E-state index contributed by atoms with van der Waals surface area (Å²) in [6.45, 7) is 0. The van der Waals surface area contributed by atoms with Gasteiger partial charge in [-0.25, -0.2) is 5.84 Å². The summed E-state index contributed by atoms with van der Waals surface area (Å²) >= 11 is 0. The van der Waals surface area contributed by atoms with Crippen molar-refractivity contribution in [2.75, 3.05) is 0 Å². The topological polar surface area (TPSA) is 111 Å². The molecule has 0 unspecified atom stereocenters. The Hall–Kier alpha value is -2.02. The maximum absolute atomic E-state index is 11.0. The van der Waals surface area contributed by atoms with Gasteiger partial charge in [-0.05, 0) is 22.0 Å². The number of hydrazine groups is 1. The molecule has 7 heteroatoms. The molecule has 0 saturated heterocycles. The molecule has 0 aliphatic heterocycles. The molecule has 1 heterocycles. The predicted molar refractivity (Wildman–Crippen MR) is 42.5 cm³/mol. The van der Waals surface area contributed by atoms with E-state index < -0.39 is 16.6 Å². The van der Waals surface area contributed by atoms with Crippen molar-refractivity contribution < 1.29 is 9.72 Å². The number of hydrogen-bond acceptors (Lipinski definition) is 5. The molecule has 0 atom stereocenters. The van der Waals surface area contributed by atoms with E-state index in [0.29, 0.717) is 0 Å². The number of nitrogens with one attached hydrogen (secondary N) is 1.